The number of fused-ring (bicyclic) bond motifs is 1. The second-order valence-corrected chi connectivity index (χ2v) is 9.97. The average molecular weight is 524 g/mol. The molecule has 0 radical (unpaired) electrons. The fourth-order valence-electron chi connectivity index (χ4n) is 3.85. The van der Waals surface area contributed by atoms with Gasteiger partial charge in [0.15, 0.2) is 0 Å². The largest absolute Gasteiger partial charge is 0.325 e. The topological polar surface area (TPSA) is 64.0 Å². The van der Waals surface area contributed by atoms with Crippen molar-refractivity contribution >= 4 is 49.1 Å². The van der Waals surface area contributed by atoms with E-state index in [1.807, 2.05) is 48.5 Å². The lowest BCUT2D eigenvalue weighted by molar-refractivity contribution is -0.116. The van der Waals surface area contributed by atoms with Crippen LogP contribution in [0.4, 0.5) is 5.69 Å². The lowest BCUT2D eigenvalue weighted by Gasteiger charge is -2.09. The van der Waals surface area contributed by atoms with Crippen LogP contribution in [0.5, 0.6) is 0 Å². The fraction of sp³-hybridized carbons (Fsp3) is 0.269. The van der Waals surface area contributed by atoms with E-state index < -0.39 is 0 Å². The van der Waals surface area contributed by atoms with Crippen LogP contribution in [0.15, 0.2) is 64.1 Å². The molecule has 0 unspecified atom stereocenters. The maximum atomic E-state index is 13.4. The van der Waals surface area contributed by atoms with E-state index in [2.05, 4.69) is 40.1 Å². The maximum Gasteiger partial charge on any atom is 0.263 e. The fourth-order valence-corrected chi connectivity index (χ4v) is 5.20. The molecule has 0 bridgehead atoms. The number of unbranched alkanes of at least 4 members (excludes halogenated alkanes) is 1. The van der Waals surface area contributed by atoms with Crippen molar-refractivity contribution < 1.29 is 4.79 Å². The van der Waals surface area contributed by atoms with Gasteiger partial charge in [-0.25, -0.2) is 4.98 Å². The van der Waals surface area contributed by atoms with Gasteiger partial charge < -0.3 is 5.32 Å². The molecular weight excluding hydrogens is 498 g/mol. The van der Waals surface area contributed by atoms with E-state index in [0.29, 0.717) is 10.2 Å². The van der Waals surface area contributed by atoms with Crippen LogP contribution in [0.1, 0.15) is 37.1 Å². The molecule has 170 valence electrons. The van der Waals surface area contributed by atoms with Gasteiger partial charge in [-0.2, -0.15) is 0 Å². The molecule has 2 aromatic carbocycles. The van der Waals surface area contributed by atoms with Crippen molar-refractivity contribution in [3.63, 3.8) is 0 Å². The van der Waals surface area contributed by atoms with Crippen LogP contribution in [0.2, 0.25) is 0 Å². The number of amides is 1. The molecule has 7 heteroatoms. The lowest BCUT2D eigenvalue weighted by Crippen LogP contribution is -2.27. The van der Waals surface area contributed by atoms with Gasteiger partial charge in [0.1, 0.15) is 11.4 Å². The van der Waals surface area contributed by atoms with Crippen LogP contribution in [-0.4, -0.2) is 15.5 Å². The zero-order valence-electron chi connectivity index (χ0n) is 18.7. The number of rotatable bonds is 8. The summed E-state index contributed by atoms with van der Waals surface area (Å²) in [5.74, 6) is -0.254. The highest BCUT2D eigenvalue weighted by molar-refractivity contribution is 9.10. The molecule has 0 saturated heterocycles. The van der Waals surface area contributed by atoms with Gasteiger partial charge in [-0.05, 0) is 54.7 Å². The Morgan fingerprint density at radius 1 is 1.09 bits per heavy atom. The van der Waals surface area contributed by atoms with Crippen LogP contribution in [0.3, 0.4) is 0 Å². The summed E-state index contributed by atoms with van der Waals surface area (Å²) in [7, 11) is 0. The molecule has 4 rings (SSSR count). The Balaban J connectivity index is 1.60. The van der Waals surface area contributed by atoms with Crippen molar-refractivity contribution in [2.45, 2.75) is 46.1 Å². The number of benzene rings is 2. The number of thiophene rings is 1. The molecule has 0 aliphatic heterocycles. The monoisotopic (exact) mass is 523 g/mol. The van der Waals surface area contributed by atoms with E-state index in [0.717, 1.165) is 51.8 Å². The summed E-state index contributed by atoms with van der Waals surface area (Å²) in [4.78, 5) is 32.4. The van der Waals surface area contributed by atoms with Gasteiger partial charge in [-0.3, -0.25) is 14.2 Å². The van der Waals surface area contributed by atoms with E-state index in [4.69, 9.17) is 0 Å². The minimum Gasteiger partial charge on any atom is -0.325 e. The van der Waals surface area contributed by atoms with Crippen molar-refractivity contribution in [3.8, 4) is 11.1 Å². The summed E-state index contributed by atoms with van der Waals surface area (Å²) in [6.07, 6.45) is 5.61. The first-order valence-electron chi connectivity index (χ1n) is 11.2. The Bertz CT molecular complexity index is 1320. The van der Waals surface area contributed by atoms with Crippen molar-refractivity contribution in [3.05, 3.63) is 80.1 Å². The number of carbonyl (C=O) groups is 1. The van der Waals surface area contributed by atoms with E-state index in [1.165, 1.54) is 27.8 Å². The molecule has 2 aromatic heterocycles. The molecule has 4 aromatic rings. The maximum absolute atomic E-state index is 13.4. The van der Waals surface area contributed by atoms with E-state index in [-0.39, 0.29) is 18.0 Å². The molecule has 5 nitrogen and oxygen atoms in total. The summed E-state index contributed by atoms with van der Waals surface area (Å²) in [5, 5.41) is 3.47. The number of hydrogen-bond acceptors (Lipinski definition) is 4. The summed E-state index contributed by atoms with van der Waals surface area (Å²) in [5.41, 5.74) is 3.68. The van der Waals surface area contributed by atoms with Gasteiger partial charge in [0.2, 0.25) is 5.91 Å². The number of aryl methyl sites for hydroxylation is 2. The smallest absolute Gasteiger partial charge is 0.263 e. The highest BCUT2D eigenvalue weighted by atomic mass is 79.9. The molecule has 0 fully saturated rings. The second kappa shape index (κ2) is 10.4. The van der Waals surface area contributed by atoms with E-state index in [1.54, 1.807) is 0 Å². The quantitative estimate of drug-likeness (QED) is 0.289. The van der Waals surface area contributed by atoms with E-state index >= 15 is 0 Å². The zero-order chi connectivity index (χ0) is 23.4. The normalized spacial score (nSPS) is 11.1. The molecule has 0 atom stereocenters. The molecule has 0 aliphatic carbocycles. The predicted octanol–water partition coefficient (Wildman–Crippen LogP) is 6.43. The minimum absolute atomic E-state index is 0.0869. The van der Waals surface area contributed by atoms with Crippen molar-refractivity contribution in [2.24, 2.45) is 0 Å². The molecule has 33 heavy (non-hydrogen) atoms. The number of halogens is 1. The number of carbonyl (C=O) groups excluding carboxylic acids is 1. The zero-order valence-corrected chi connectivity index (χ0v) is 21.1. The number of hydrogen-bond donors (Lipinski definition) is 1. The van der Waals surface area contributed by atoms with Crippen molar-refractivity contribution in [2.75, 3.05) is 5.32 Å². The number of anilines is 1. The third-order valence-electron chi connectivity index (χ3n) is 5.58. The molecular formula is C26H26BrN3O2S. The minimum atomic E-state index is -0.254. The summed E-state index contributed by atoms with van der Waals surface area (Å²) < 4.78 is 2.37. The third-order valence-corrected chi connectivity index (χ3v) is 7.35. The molecule has 0 spiro atoms. The van der Waals surface area contributed by atoms with Crippen molar-refractivity contribution in [1.29, 1.82) is 0 Å². The Morgan fingerprint density at radius 3 is 2.48 bits per heavy atom. The molecule has 1 N–H and O–H groups in total. The van der Waals surface area contributed by atoms with Gasteiger partial charge in [0.25, 0.3) is 5.56 Å². The predicted molar refractivity (Wildman–Crippen MR) is 140 cm³/mol. The molecule has 0 aliphatic rings. The molecule has 1 amide bonds. The van der Waals surface area contributed by atoms with Crippen LogP contribution in [0.25, 0.3) is 21.3 Å². The summed E-state index contributed by atoms with van der Waals surface area (Å²) >= 11 is 5.01. The number of aromatic nitrogens is 2. The first-order chi connectivity index (χ1) is 16.0. The second-order valence-electron chi connectivity index (χ2n) is 7.97. The van der Waals surface area contributed by atoms with Crippen LogP contribution in [0, 0.1) is 0 Å². The number of nitrogens with zero attached hydrogens (tertiary/aromatic N) is 2. The Kier molecular flexibility index (Phi) is 7.40. The average Bonchev–Trinajstić information content (AvgIpc) is 3.20. The summed E-state index contributed by atoms with van der Waals surface area (Å²) in [6, 6.07) is 15.8. The lowest BCUT2D eigenvalue weighted by atomic mass is 10.0. The first kappa shape index (κ1) is 23.4. The molecule has 2 heterocycles. The van der Waals surface area contributed by atoms with Gasteiger partial charge in [-0.1, -0.05) is 60.5 Å². The van der Waals surface area contributed by atoms with E-state index in [9.17, 15) is 9.59 Å². The molecule has 0 saturated carbocycles. The summed E-state index contributed by atoms with van der Waals surface area (Å²) in [6.45, 7) is 4.16. The van der Waals surface area contributed by atoms with Gasteiger partial charge in [0.05, 0.1) is 11.7 Å². The van der Waals surface area contributed by atoms with Crippen LogP contribution >= 0.6 is 27.3 Å². The van der Waals surface area contributed by atoms with Gasteiger partial charge in [0, 0.05) is 20.6 Å². The number of nitrogens with one attached hydrogen (secondary N) is 1. The Hall–Kier alpha value is -2.77. The first-order valence-corrected chi connectivity index (χ1v) is 12.8. The standard InChI is InChI=1S/C26H26BrN3O2S/c1-3-5-6-17-7-13-20(14-8-17)29-22(31)15-30-16-28-25-24(26(30)32)23(21(4-2)33-25)18-9-11-19(27)12-10-18/h7-14,16H,3-6,15H2,1-2H3,(H,29,31). The Labute approximate surface area is 205 Å². The van der Waals surface area contributed by atoms with Crippen LogP contribution < -0.4 is 10.9 Å². The van der Waals surface area contributed by atoms with Crippen molar-refractivity contribution in [1.82, 2.24) is 9.55 Å². The third kappa shape index (κ3) is 5.25. The van der Waals surface area contributed by atoms with Gasteiger partial charge in [-0.15, -0.1) is 11.3 Å². The van der Waals surface area contributed by atoms with Gasteiger partial charge >= 0.3 is 0 Å². The Morgan fingerprint density at radius 2 is 1.82 bits per heavy atom. The highest BCUT2D eigenvalue weighted by Crippen LogP contribution is 2.36. The SMILES string of the molecule is CCCCc1ccc(NC(=O)Cn2cnc3sc(CC)c(-c4ccc(Br)cc4)c3c2=O)cc1. The highest BCUT2D eigenvalue weighted by Gasteiger charge is 2.19. The van der Waals surface area contributed by atoms with Crippen LogP contribution in [-0.2, 0) is 24.2 Å².